The Morgan fingerprint density at radius 1 is 1.42 bits per heavy atom. The number of alkyl halides is 2. The van der Waals surface area contributed by atoms with Crippen molar-refractivity contribution in [1.82, 2.24) is 0 Å². The Morgan fingerprint density at radius 3 is 2.53 bits per heavy atom. The topological polar surface area (TPSA) is 59.3 Å². The minimum absolute atomic E-state index is 0.00166. The molecule has 0 aliphatic carbocycles. The molecule has 0 saturated carbocycles. The van der Waals surface area contributed by atoms with Crippen LogP contribution in [0.25, 0.3) is 6.08 Å². The summed E-state index contributed by atoms with van der Waals surface area (Å²) < 4.78 is 32.7. The van der Waals surface area contributed by atoms with Gasteiger partial charge in [-0.25, -0.2) is 4.79 Å². The maximum absolute atomic E-state index is 11.9. The molecule has 0 spiro atoms. The van der Waals surface area contributed by atoms with Crippen LogP contribution >= 0.6 is 0 Å². The maximum atomic E-state index is 11.9. The molecule has 19 heavy (non-hydrogen) atoms. The van der Waals surface area contributed by atoms with Gasteiger partial charge in [0.15, 0.2) is 0 Å². The second kappa shape index (κ2) is 7.11. The summed E-state index contributed by atoms with van der Waals surface area (Å²) >= 11 is 0. The van der Waals surface area contributed by atoms with Crippen LogP contribution in [0.5, 0.6) is 5.75 Å². The summed E-state index contributed by atoms with van der Waals surface area (Å²) in [6, 6.07) is 7.26. The Bertz CT molecular complexity index is 504. The van der Waals surface area contributed by atoms with Gasteiger partial charge in [0.25, 0.3) is 0 Å². The fraction of sp³-hybridized carbons (Fsp3) is 0.231. The Balaban J connectivity index is 2.85. The van der Waals surface area contributed by atoms with Gasteiger partial charge in [0.2, 0.25) is 0 Å². The quantitative estimate of drug-likeness (QED) is 0.467. The normalized spacial score (nSPS) is 11.0. The lowest BCUT2D eigenvalue weighted by molar-refractivity contribution is -0.137. The first-order valence-electron chi connectivity index (χ1n) is 5.40. The summed E-state index contributed by atoms with van der Waals surface area (Å²) in [5.41, 5.74) is 0.343. The molecule has 100 valence electrons. The van der Waals surface area contributed by atoms with Gasteiger partial charge in [-0.1, -0.05) is 12.1 Å². The third kappa shape index (κ3) is 4.76. The molecule has 0 N–H and O–H groups in total. The number of nitriles is 1. The molecule has 0 aliphatic rings. The van der Waals surface area contributed by atoms with E-state index < -0.39 is 12.6 Å². The third-order valence-corrected chi connectivity index (χ3v) is 2.03. The number of nitrogens with zero attached hydrogens (tertiary/aromatic N) is 1. The van der Waals surface area contributed by atoms with Crippen LogP contribution in [-0.2, 0) is 9.53 Å². The van der Waals surface area contributed by atoms with E-state index in [4.69, 9.17) is 5.26 Å². The number of hydrogen-bond acceptors (Lipinski definition) is 4. The summed E-state index contributed by atoms with van der Waals surface area (Å²) in [4.78, 5) is 11.4. The highest BCUT2D eigenvalue weighted by atomic mass is 19.3. The van der Waals surface area contributed by atoms with E-state index in [9.17, 15) is 13.6 Å². The third-order valence-electron chi connectivity index (χ3n) is 2.03. The van der Waals surface area contributed by atoms with Gasteiger partial charge in [0.1, 0.15) is 17.4 Å². The van der Waals surface area contributed by atoms with E-state index in [-0.39, 0.29) is 17.9 Å². The molecule has 0 aliphatic heterocycles. The number of esters is 1. The van der Waals surface area contributed by atoms with Gasteiger partial charge in [-0.2, -0.15) is 14.0 Å². The van der Waals surface area contributed by atoms with Gasteiger partial charge in [-0.15, -0.1) is 0 Å². The molecule has 0 fully saturated rings. The van der Waals surface area contributed by atoms with Gasteiger partial charge in [-0.05, 0) is 30.7 Å². The Morgan fingerprint density at radius 2 is 2.05 bits per heavy atom. The second-order valence-electron chi connectivity index (χ2n) is 3.34. The average molecular weight is 267 g/mol. The number of halogens is 2. The summed E-state index contributed by atoms with van der Waals surface area (Å²) in [6.07, 6.45) is 1.31. The molecule has 0 radical (unpaired) electrons. The van der Waals surface area contributed by atoms with Crippen LogP contribution in [0.4, 0.5) is 8.78 Å². The predicted octanol–water partition coefficient (Wildman–Crippen LogP) is 2.76. The molecule has 6 heteroatoms. The largest absolute Gasteiger partial charge is 0.462 e. The molecule has 4 nitrogen and oxygen atoms in total. The van der Waals surface area contributed by atoms with E-state index in [1.165, 1.54) is 30.3 Å². The van der Waals surface area contributed by atoms with E-state index in [0.717, 1.165) is 0 Å². The molecule has 0 saturated heterocycles. The van der Waals surface area contributed by atoms with Crippen molar-refractivity contribution in [3.63, 3.8) is 0 Å². The fourth-order valence-electron chi connectivity index (χ4n) is 1.26. The van der Waals surface area contributed by atoms with E-state index in [0.29, 0.717) is 5.56 Å². The lowest BCUT2D eigenvalue weighted by Crippen LogP contribution is -2.06. The van der Waals surface area contributed by atoms with Crippen molar-refractivity contribution in [2.75, 3.05) is 6.61 Å². The fourth-order valence-corrected chi connectivity index (χ4v) is 1.26. The van der Waals surface area contributed by atoms with Crippen LogP contribution in [0.1, 0.15) is 12.5 Å². The number of benzene rings is 1. The van der Waals surface area contributed by atoms with Gasteiger partial charge in [0.05, 0.1) is 6.61 Å². The molecule has 1 aromatic rings. The zero-order valence-electron chi connectivity index (χ0n) is 10.1. The van der Waals surface area contributed by atoms with Crippen LogP contribution in [0.3, 0.4) is 0 Å². The van der Waals surface area contributed by atoms with Crippen molar-refractivity contribution in [2.24, 2.45) is 0 Å². The SMILES string of the molecule is CCOC(=O)/C(C#N)=C/c1ccc(OC(F)F)cc1. The first kappa shape index (κ1) is 14.6. The molecule has 0 heterocycles. The van der Waals surface area contributed by atoms with Crippen LogP contribution in [0.15, 0.2) is 29.8 Å². The highest BCUT2D eigenvalue weighted by Gasteiger charge is 2.09. The second-order valence-corrected chi connectivity index (χ2v) is 3.34. The van der Waals surface area contributed by atoms with Crippen LogP contribution < -0.4 is 4.74 Å². The van der Waals surface area contributed by atoms with Crippen LogP contribution in [0.2, 0.25) is 0 Å². The van der Waals surface area contributed by atoms with Crippen molar-refractivity contribution in [2.45, 2.75) is 13.5 Å². The lowest BCUT2D eigenvalue weighted by Gasteiger charge is -2.04. The lowest BCUT2D eigenvalue weighted by atomic mass is 10.1. The number of carbonyl (C=O) groups is 1. The molecule has 0 aromatic heterocycles. The number of hydrogen-bond donors (Lipinski definition) is 0. The first-order valence-corrected chi connectivity index (χ1v) is 5.40. The van der Waals surface area contributed by atoms with E-state index in [1.54, 1.807) is 13.0 Å². The number of ether oxygens (including phenoxy) is 2. The number of carbonyl (C=O) groups excluding carboxylic acids is 1. The first-order chi connectivity index (χ1) is 9.06. The maximum Gasteiger partial charge on any atom is 0.387 e. The molecule has 0 bridgehead atoms. The molecular weight excluding hydrogens is 256 g/mol. The van der Waals surface area contributed by atoms with Crippen molar-refractivity contribution >= 4 is 12.0 Å². The highest BCUT2D eigenvalue weighted by Crippen LogP contribution is 2.16. The van der Waals surface area contributed by atoms with Crippen molar-refractivity contribution < 1.29 is 23.0 Å². The van der Waals surface area contributed by atoms with E-state index >= 15 is 0 Å². The molecular formula is C13H11F2NO3. The van der Waals surface area contributed by atoms with E-state index in [1.807, 2.05) is 0 Å². The summed E-state index contributed by atoms with van der Waals surface area (Å²) in [5.74, 6) is -0.723. The zero-order chi connectivity index (χ0) is 14.3. The van der Waals surface area contributed by atoms with Crippen molar-refractivity contribution in [1.29, 1.82) is 5.26 Å². The molecule has 1 aromatic carbocycles. The molecule has 0 atom stereocenters. The predicted molar refractivity (Wildman–Crippen MR) is 63.3 cm³/mol. The Kier molecular flexibility index (Phi) is 5.48. The Labute approximate surface area is 108 Å². The minimum atomic E-state index is -2.89. The summed E-state index contributed by atoms with van der Waals surface area (Å²) in [6.45, 7) is -1.10. The monoisotopic (exact) mass is 267 g/mol. The highest BCUT2D eigenvalue weighted by molar-refractivity contribution is 5.97. The van der Waals surface area contributed by atoms with Gasteiger partial charge in [-0.3, -0.25) is 0 Å². The minimum Gasteiger partial charge on any atom is -0.462 e. The van der Waals surface area contributed by atoms with Crippen LogP contribution in [-0.4, -0.2) is 19.2 Å². The zero-order valence-corrected chi connectivity index (χ0v) is 10.1. The summed E-state index contributed by atoms with van der Waals surface area (Å²) in [7, 11) is 0. The molecule has 0 amide bonds. The molecule has 0 unspecified atom stereocenters. The van der Waals surface area contributed by atoms with Gasteiger partial charge < -0.3 is 9.47 Å². The standard InChI is InChI=1S/C13H11F2NO3/c1-2-18-12(17)10(8-16)7-9-3-5-11(6-4-9)19-13(14)15/h3-7,13H,2H2,1H3/b10-7+. The summed E-state index contributed by atoms with van der Waals surface area (Å²) in [5, 5.41) is 8.81. The van der Waals surface area contributed by atoms with E-state index in [2.05, 4.69) is 9.47 Å². The van der Waals surface area contributed by atoms with Crippen molar-refractivity contribution in [3.8, 4) is 11.8 Å². The van der Waals surface area contributed by atoms with Gasteiger partial charge in [0, 0.05) is 0 Å². The smallest absolute Gasteiger partial charge is 0.387 e. The average Bonchev–Trinajstić information content (AvgIpc) is 2.37. The van der Waals surface area contributed by atoms with Gasteiger partial charge >= 0.3 is 12.6 Å². The Hall–Kier alpha value is -2.42. The van der Waals surface area contributed by atoms with Crippen molar-refractivity contribution in [3.05, 3.63) is 35.4 Å². The number of rotatable bonds is 5. The van der Waals surface area contributed by atoms with Crippen LogP contribution in [0, 0.1) is 11.3 Å². The molecule has 1 rings (SSSR count).